The zero-order valence-electron chi connectivity index (χ0n) is 12.6. The Bertz CT molecular complexity index is 728. The first-order valence-corrected chi connectivity index (χ1v) is 6.88. The van der Waals surface area contributed by atoms with Crippen LogP contribution in [-0.2, 0) is 4.79 Å². The molecule has 0 heterocycles. The van der Waals surface area contributed by atoms with Gasteiger partial charge in [-0.1, -0.05) is 24.3 Å². The summed E-state index contributed by atoms with van der Waals surface area (Å²) in [5.41, 5.74) is 5.89. The van der Waals surface area contributed by atoms with E-state index in [4.69, 9.17) is 10.5 Å². The molecule has 0 aliphatic heterocycles. The van der Waals surface area contributed by atoms with Gasteiger partial charge in [0.2, 0.25) is 5.91 Å². The molecular weight excluding hydrogens is 296 g/mol. The zero-order chi connectivity index (χ0) is 16.8. The van der Waals surface area contributed by atoms with Crippen LogP contribution < -0.4 is 10.5 Å². The van der Waals surface area contributed by atoms with Crippen molar-refractivity contribution in [1.82, 2.24) is 4.90 Å². The van der Waals surface area contributed by atoms with Crippen LogP contribution in [0.1, 0.15) is 20.7 Å². The van der Waals surface area contributed by atoms with Crippen LogP contribution in [0.25, 0.3) is 0 Å². The first kappa shape index (κ1) is 16.2. The molecule has 2 N–H and O–H groups in total. The van der Waals surface area contributed by atoms with E-state index in [0.29, 0.717) is 5.56 Å². The minimum absolute atomic E-state index is 0.201. The standard InChI is InChI=1S/C17H16N2O4/c1-19(17(22)12-6-3-2-4-7-12)11-15(20)23-14-9-5-8-13(10-14)16(18)21/h2-10H,11H2,1H3,(H2,18,21). The highest BCUT2D eigenvalue weighted by Gasteiger charge is 2.16. The molecule has 2 aromatic carbocycles. The number of rotatable bonds is 5. The summed E-state index contributed by atoms with van der Waals surface area (Å²) >= 11 is 0. The summed E-state index contributed by atoms with van der Waals surface area (Å²) in [4.78, 5) is 36.4. The highest BCUT2D eigenvalue weighted by atomic mass is 16.5. The smallest absolute Gasteiger partial charge is 0.331 e. The molecule has 0 spiro atoms. The van der Waals surface area contributed by atoms with Crippen LogP contribution in [0.2, 0.25) is 0 Å². The van der Waals surface area contributed by atoms with E-state index < -0.39 is 11.9 Å². The largest absolute Gasteiger partial charge is 0.425 e. The van der Waals surface area contributed by atoms with Crippen molar-refractivity contribution in [2.75, 3.05) is 13.6 Å². The minimum Gasteiger partial charge on any atom is -0.425 e. The number of benzene rings is 2. The van der Waals surface area contributed by atoms with Crippen molar-refractivity contribution in [2.45, 2.75) is 0 Å². The second-order valence-corrected chi connectivity index (χ2v) is 4.89. The molecule has 0 atom stereocenters. The number of carbonyl (C=O) groups is 3. The highest BCUT2D eigenvalue weighted by Crippen LogP contribution is 2.13. The number of amides is 2. The molecule has 2 rings (SSSR count). The van der Waals surface area contributed by atoms with Crippen LogP contribution in [-0.4, -0.2) is 36.3 Å². The maximum absolute atomic E-state index is 12.1. The van der Waals surface area contributed by atoms with E-state index in [9.17, 15) is 14.4 Å². The van der Waals surface area contributed by atoms with E-state index in [1.165, 1.54) is 30.1 Å². The van der Waals surface area contributed by atoms with Gasteiger partial charge in [-0.15, -0.1) is 0 Å². The van der Waals surface area contributed by atoms with E-state index in [1.54, 1.807) is 36.4 Å². The lowest BCUT2D eigenvalue weighted by atomic mass is 10.2. The monoisotopic (exact) mass is 312 g/mol. The van der Waals surface area contributed by atoms with Gasteiger partial charge in [-0.25, -0.2) is 4.79 Å². The van der Waals surface area contributed by atoms with Crippen molar-refractivity contribution >= 4 is 17.8 Å². The Balaban J connectivity index is 1.98. The number of likely N-dealkylation sites (N-methyl/N-ethyl adjacent to an activating group) is 1. The Morgan fingerprint density at radius 3 is 2.30 bits per heavy atom. The lowest BCUT2D eigenvalue weighted by Gasteiger charge is -2.16. The van der Waals surface area contributed by atoms with E-state index in [1.807, 2.05) is 0 Å². The maximum atomic E-state index is 12.1. The van der Waals surface area contributed by atoms with Crippen LogP contribution in [0, 0.1) is 0 Å². The fourth-order valence-corrected chi connectivity index (χ4v) is 1.94. The molecule has 6 nitrogen and oxygen atoms in total. The maximum Gasteiger partial charge on any atom is 0.331 e. The molecular formula is C17H16N2O4. The molecule has 0 saturated carbocycles. The van der Waals surface area contributed by atoms with E-state index >= 15 is 0 Å². The summed E-state index contributed by atoms with van der Waals surface area (Å²) < 4.78 is 5.12. The van der Waals surface area contributed by atoms with Gasteiger partial charge in [-0.05, 0) is 30.3 Å². The Labute approximate surface area is 133 Å². The van der Waals surface area contributed by atoms with E-state index in [-0.39, 0.29) is 23.8 Å². The van der Waals surface area contributed by atoms with Gasteiger partial charge in [-0.3, -0.25) is 9.59 Å². The number of nitrogens with zero attached hydrogens (tertiary/aromatic N) is 1. The predicted octanol–water partition coefficient (Wildman–Crippen LogP) is 1.46. The molecule has 0 radical (unpaired) electrons. The molecule has 2 aromatic rings. The molecule has 0 fully saturated rings. The number of esters is 1. The number of carbonyl (C=O) groups excluding carboxylic acids is 3. The number of ether oxygens (including phenoxy) is 1. The number of nitrogens with two attached hydrogens (primary N) is 1. The second-order valence-electron chi connectivity index (χ2n) is 4.89. The van der Waals surface area contributed by atoms with Crippen LogP contribution in [0.3, 0.4) is 0 Å². The zero-order valence-corrected chi connectivity index (χ0v) is 12.6. The molecule has 0 aromatic heterocycles. The summed E-state index contributed by atoms with van der Waals surface area (Å²) in [7, 11) is 1.51. The predicted molar refractivity (Wildman–Crippen MR) is 84.0 cm³/mol. The lowest BCUT2D eigenvalue weighted by molar-refractivity contribution is -0.134. The lowest BCUT2D eigenvalue weighted by Crippen LogP contribution is -2.34. The first-order valence-electron chi connectivity index (χ1n) is 6.88. The molecule has 0 aliphatic carbocycles. The first-order chi connectivity index (χ1) is 11.0. The average molecular weight is 312 g/mol. The molecule has 23 heavy (non-hydrogen) atoms. The van der Waals surface area contributed by atoms with Crippen LogP contribution in [0.4, 0.5) is 0 Å². The Morgan fingerprint density at radius 2 is 1.65 bits per heavy atom. The van der Waals surface area contributed by atoms with Gasteiger partial charge in [0, 0.05) is 18.2 Å². The molecule has 0 saturated heterocycles. The SMILES string of the molecule is CN(CC(=O)Oc1cccc(C(N)=O)c1)C(=O)c1ccccc1. The van der Waals surface area contributed by atoms with Crippen LogP contribution >= 0.6 is 0 Å². The molecule has 2 amide bonds. The fraction of sp³-hybridized carbons (Fsp3) is 0.118. The second kappa shape index (κ2) is 7.22. The Hall–Kier alpha value is -3.15. The normalized spacial score (nSPS) is 9.96. The van der Waals surface area contributed by atoms with Gasteiger partial charge in [0.05, 0.1) is 0 Å². The summed E-state index contributed by atoms with van der Waals surface area (Å²) in [6, 6.07) is 14.6. The van der Waals surface area contributed by atoms with Crippen LogP contribution in [0.15, 0.2) is 54.6 Å². The number of hydrogen-bond acceptors (Lipinski definition) is 4. The number of hydrogen-bond donors (Lipinski definition) is 1. The highest BCUT2D eigenvalue weighted by molar-refractivity contribution is 5.96. The van der Waals surface area contributed by atoms with Gasteiger partial charge < -0.3 is 15.4 Å². The average Bonchev–Trinajstić information content (AvgIpc) is 2.55. The molecule has 6 heteroatoms. The Kier molecular flexibility index (Phi) is 5.09. The summed E-state index contributed by atoms with van der Waals surface area (Å²) in [6.07, 6.45) is 0. The van der Waals surface area contributed by atoms with Crippen molar-refractivity contribution < 1.29 is 19.1 Å². The minimum atomic E-state index is -0.613. The van der Waals surface area contributed by atoms with Crippen molar-refractivity contribution in [1.29, 1.82) is 0 Å². The van der Waals surface area contributed by atoms with E-state index in [2.05, 4.69) is 0 Å². The van der Waals surface area contributed by atoms with Crippen molar-refractivity contribution in [3.05, 3.63) is 65.7 Å². The van der Waals surface area contributed by atoms with Crippen molar-refractivity contribution in [2.24, 2.45) is 5.73 Å². The third-order valence-corrected chi connectivity index (χ3v) is 3.08. The molecule has 0 unspecified atom stereocenters. The summed E-state index contributed by atoms with van der Waals surface area (Å²) in [6.45, 7) is -0.214. The Morgan fingerprint density at radius 1 is 1.00 bits per heavy atom. The van der Waals surface area contributed by atoms with Crippen molar-refractivity contribution in [3.8, 4) is 5.75 Å². The molecule has 118 valence electrons. The van der Waals surface area contributed by atoms with Crippen LogP contribution in [0.5, 0.6) is 5.75 Å². The van der Waals surface area contributed by atoms with Gasteiger partial charge >= 0.3 is 5.97 Å². The van der Waals surface area contributed by atoms with Gasteiger partial charge in [0.15, 0.2) is 0 Å². The van der Waals surface area contributed by atoms with Gasteiger partial charge in [0.1, 0.15) is 12.3 Å². The number of primary amides is 1. The summed E-state index contributed by atoms with van der Waals surface area (Å²) in [5, 5.41) is 0. The third kappa shape index (κ3) is 4.41. The summed E-state index contributed by atoms with van der Waals surface area (Å²) in [5.74, 6) is -1.31. The third-order valence-electron chi connectivity index (χ3n) is 3.08. The molecule has 0 bridgehead atoms. The van der Waals surface area contributed by atoms with Gasteiger partial charge in [0.25, 0.3) is 5.91 Å². The topological polar surface area (TPSA) is 89.7 Å². The fourth-order valence-electron chi connectivity index (χ4n) is 1.94. The van der Waals surface area contributed by atoms with Crippen molar-refractivity contribution in [3.63, 3.8) is 0 Å². The van der Waals surface area contributed by atoms with Gasteiger partial charge in [-0.2, -0.15) is 0 Å². The van der Waals surface area contributed by atoms with E-state index in [0.717, 1.165) is 0 Å². The molecule has 0 aliphatic rings. The quantitative estimate of drug-likeness (QED) is 0.668.